The zero-order valence-electron chi connectivity index (χ0n) is 13.0. The van der Waals surface area contributed by atoms with Gasteiger partial charge in [-0.15, -0.1) is 11.6 Å². The molecule has 1 fully saturated rings. The normalized spacial score (nSPS) is 22.9. The van der Waals surface area contributed by atoms with Gasteiger partial charge in [0, 0.05) is 11.8 Å². The third-order valence-electron chi connectivity index (χ3n) is 5.36. The van der Waals surface area contributed by atoms with Gasteiger partial charge in [-0.05, 0) is 23.3 Å². The summed E-state index contributed by atoms with van der Waals surface area (Å²) in [5, 5.41) is 3.16. The Labute approximate surface area is 126 Å². The van der Waals surface area contributed by atoms with Crippen molar-refractivity contribution in [1.29, 1.82) is 0 Å². The van der Waals surface area contributed by atoms with Gasteiger partial charge >= 0.3 is 0 Å². The SMILES string of the molecule is CC(CCl)(NC(=O)C1C(C)(C)C1(C)C)c1ccccc1. The number of rotatable bonds is 4. The maximum absolute atomic E-state index is 12.6. The fourth-order valence-electron chi connectivity index (χ4n) is 3.18. The van der Waals surface area contributed by atoms with Crippen LogP contribution in [0.25, 0.3) is 0 Å². The molecule has 1 atom stereocenters. The first-order valence-corrected chi connectivity index (χ1v) is 7.64. The van der Waals surface area contributed by atoms with E-state index in [9.17, 15) is 4.79 Å². The molecule has 0 heterocycles. The Hall–Kier alpha value is -1.02. The predicted molar refractivity (Wildman–Crippen MR) is 83.7 cm³/mol. The first-order valence-electron chi connectivity index (χ1n) is 7.10. The van der Waals surface area contributed by atoms with Crippen LogP contribution in [0.4, 0.5) is 0 Å². The van der Waals surface area contributed by atoms with Gasteiger partial charge in [-0.1, -0.05) is 58.0 Å². The van der Waals surface area contributed by atoms with E-state index in [0.29, 0.717) is 5.88 Å². The maximum Gasteiger partial charge on any atom is 0.224 e. The highest BCUT2D eigenvalue weighted by Gasteiger charge is 2.68. The number of carbonyl (C=O) groups excluding carboxylic acids is 1. The van der Waals surface area contributed by atoms with E-state index < -0.39 is 5.54 Å². The van der Waals surface area contributed by atoms with Crippen LogP contribution in [0.3, 0.4) is 0 Å². The van der Waals surface area contributed by atoms with Crippen LogP contribution in [0.5, 0.6) is 0 Å². The van der Waals surface area contributed by atoms with E-state index in [4.69, 9.17) is 11.6 Å². The summed E-state index contributed by atoms with van der Waals surface area (Å²) in [6.07, 6.45) is 0. The fraction of sp³-hybridized carbons (Fsp3) is 0.588. The number of carbonyl (C=O) groups is 1. The summed E-state index contributed by atoms with van der Waals surface area (Å²) in [6.45, 7) is 10.6. The molecule has 1 N–H and O–H groups in total. The van der Waals surface area contributed by atoms with Crippen LogP contribution in [0.15, 0.2) is 30.3 Å². The molecule has 0 bridgehead atoms. The molecule has 0 saturated heterocycles. The molecule has 0 radical (unpaired) electrons. The van der Waals surface area contributed by atoms with Crippen molar-refractivity contribution in [2.45, 2.75) is 40.2 Å². The van der Waals surface area contributed by atoms with Crippen molar-refractivity contribution in [2.24, 2.45) is 16.7 Å². The molecule has 1 unspecified atom stereocenters. The highest BCUT2D eigenvalue weighted by Crippen LogP contribution is 2.68. The summed E-state index contributed by atoms with van der Waals surface area (Å²) in [5.74, 6) is 0.504. The number of alkyl halides is 1. The second-order valence-corrected chi connectivity index (χ2v) is 7.46. The lowest BCUT2D eigenvalue weighted by atomic mass is 9.93. The monoisotopic (exact) mass is 293 g/mol. The summed E-state index contributed by atoms with van der Waals surface area (Å²) in [4.78, 5) is 12.6. The van der Waals surface area contributed by atoms with Gasteiger partial charge in [-0.25, -0.2) is 0 Å². The minimum absolute atomic E-state index is 0.0427. The average Bonchev–Trinajstić information content (AvgIpc) is 2.80. The second kappa shape index (κ2) is 4.77. The third-order valence-corrected chi connectivity index (χ3v) is 5.89. The lowest BCUT2D eigenvalue weighted by Crippen LogP contribution is -2.46. The van der Waals surface area contributed by atoms with Gasteiger partial charge in [-0.3, -0.25) is 4.79 Å². The lowest BCUT2D eigenvalue weighted by Gasteiger charge is -2.29. The molecular formula is C17H24ClNO. The van der Waals surface area contributed by atoms with Crippen LogP contribution in [0, 0.1) is 16.7 Å². The smallest absolute Gasteiger partial charge is 0.224 e. The van der Waals surface area contributed by atoms with Crippen molar-refractivity contribution < 1.29 is 4.79 Å². The van der Waals surface area contributed by atoms with Gasteiger partial charge in [0.1, 0.15) is 0 Å². The molecule has 110 valence electrons. The van der Waals surface area contributed by atoms with Crippen molar-refractivity contribution in [3.63, 3.8) is 0 Å². The second-order valence-electron chi connectivity index (χ2n) is 7.20. The Bertz CT molecular complexity index is 495. The predicted octanol–water partition coefficient (Wildman–Crippen LogP) is 3.94. The summed E-state index contributed by atoms with van der Waals surface area (Å²) in [6, 6.07) is 9.92. The van der Waals surface area contributed by atoms with E-state index in [2.05, 4.69) is 33.0 Å². The Balaban J connectivity index is 2.18. The molecule has 20 heavy (non-hydrogen) atoms. The molecule has 2 rings (SSSR count). The number of hydrogen-bond donors (Lipinski definition) is 1. The molecule has 2 nitrogen and oxygen atoms in total. The first kappa shape index (κ1) is 15.4. The Kier molecular flexibility index (Phi) is 3.66. The van der Waals surface area contributed by atoms with Gasteiger partial charge in [0.15, 0.2) is 0 Å². The molecule has 0 aromatic heterocycles. The minimum atomic E-state index is -0.519. The van der Waals surface area contributed by atoms with Gasteiger partial charge < -0.3 is 5.32 Å². The van der Waals surface area contributed by atoms with Crippen LogP contribution in [0.1, 0.15) is 40.2 Å². The zero-order chi connectivity index (χ0) is 15.2. The Morgan fingerprint density at radius 3 is 2.10 bits per heavy atom. The number of benzene rings is 1. The van der Waals surface area contributed by atoms with Crippen molar-refractivity contribution >= 4 is 17.5 Å². The minimum Gasteiger partial charge on any atom is -0.345 e. The molecule has 1 amide bonds. The van der Waals surface area contributed by atoms with Gasteiger partial charge in [0.25, 0.3) is 0 Å². The molecule has 1 aliphatic rings. The zero-order valence-corrected chi connectivity index (χ0v) is 13.7. The van der Waals surface area contributed by atoms with E-state index in [1.54, 1.807) is 0 Å². The average molecular weight is 294 g/mol. The van der Waals surface area contributed by atoms with Crippen LogP contribution < -0.4 is 5.32 Å². The van der Waals surface area contributed by atoms with Crippen molar-refractivity contribution in [3.8, 4) is 0 Å². The van der Waals surface area contributed by atoms with Gasteiger partial charge in [0.05, 0.1) is 5.54 Å². The summed E-state index contributed by atoms with van der Waals surface area (Å²) in [5.41, 5.74) is 0.607. The fourth-order valence-corrected chi connectivity index (χ4v) is 3.41. The summed E-state index contributed by atoms with van der Waals surface area (Å²) >= 11 is 6.14. The van der Waals surface area contributed by atoms with Crippen molar-refractivity contribution in [2.75, 3.05) is 5.88 Å². The standard InChI is InChI=1S/C17H24ClNO/c1-15(2)13(16(15,3)4)14(20)19-17(5,11-18)12-9-7-6-8-10-12/h6-10,13H,11H2,1-5H3,(H,19,20). The molecular weight excluding hydrogens is 270 g/mol. The van der Waals surface area contributed by atoms with Crippen LogP contribution in [-0.4, -0.2) is 11.8 Å². The lowest BCUT2D eigenvalue weighted by molar-refractivity contribution is -0.125. The topological polar surface area (TPSA) is 29.1 Å². The third kappa shape index (κ3) is 2.24. The molecule has 0 aliphatic heterocycles. The largest absolute Gasteiger partial charge is 0.345 e. The molecule has 1 aromatic carbocycles. The summed E-state index contributed by atoms with van der Waals surface area (Å²) < 4.78 is 0. The first-order chi connectivity index (χ1) is 9.17. The molecule has 3 heteroatoms. The highest BCUT2D eigenvalue weighted by molar-refractivity contribution is 6.18. The van der Waals surface area contributed by atoms with E-state index in [0.717, 1.165) is 5.56 Å². The van der Waals surface area contributed by atoms with Gasteiger partial charge in [0.2, 0.25) is 5.91 Å². The van der Waals surface area contributed by atoms with E-state index in [1.165, 1.54) is 0 Å². The number of halogens is 1. The maximum atomic E-state index is 12.6. The number of nitrogens with one attached hydrogen (secondary N) is 1. The molecule has 1 aromatic rings. The molecule has 1 aliphatic carbocycles. The molecule has 0 spiro atoms. The van der Waals surface area contributed by atoms with E-state index in [1.807, 2.05) is 37.3 Å². The molecule has 1 saturated carbocycles. The Morgan fingerprint density at radius 1 is 1.20 bits per heavy atom. The van der Waals surface area contributed by atoms with Crippen LogP contribution in [-0.2, 0) is 10.3 Å². The van der Waals surface area contributed by atoms with Crippen molar-refractivity contribution in [3.05, 3.63) is 35.9 Å². The number of amides is 1. The van der Waals surface area contributed by atoms with Crippen molar-refractivity contribution in [1.82, 2.24) is 5.32 Å². The quantitative estimate of drug-likeness (QED) is 0.837. The summed E-state index contributed by atoms with van der Waals surface area (Å²) in [7, 11) is 0. The Morgan fingerprint density at radius 2 is 1.70 bits per heavy atom. The van der Waals surface area contributed by atoms with Crippen LogP contribution >= 0.6 is 11.6 Å². The highest BCUT2D eigenvalue weighted by atomic mass is 35.5. The van der Waals surface area contributed by atoms with E-state index in [-0.39, 0.29) is 22.7 Å². The van der Waals surface area contributed by atoms with E-state index >= 15 is 0 Å². The van der Waals surface area contributed by atoms with Gasteiger partial charge in [-0.2, -0.15) is 0 Å². The number of hydrogen-bond acceptors (Lipinski definition) is 1. The van der Waals surface area contributed by atoms with Crippen LogP contribution in [0.2, 0.25) is 0 Å².